The van der Waals surface area contributed by atoms with Gasteiger partial charge in [0.1, 0.15) is 23.9 Å². The van der Waals surface area contributed by atoms with E-state index in [1.54, 1.807) is 0 Å². The monoisotopic (exact) mass is 457 g/mol. The van der Waals surface area contributed by atoms with Crippen molar-refractivity contribution in [2.24, 2.45) is 0 Å². The molecule has 1 saturated heterocycles. The number of para-hydroxylation sites is 1. The predicted octanol–water partition coefficient (Wildman–Crippen LogP) is 4.25. The van der Waals surface area contributed by atoms with Crippen LogP contribution < -0.4 is 9.64 Å². The van der Waals surface area contributed by atoms with Crippen LogP contribution in [-0.4, -0.2) is 43.7 Å². The molecule has 3 aromatic rings. The van der Waals surface area contributed by atoms with Gasteiger partial charge in [0, 0.05) is 44.4 Å². The van der Waals surface area contributed by atoms with Gasteiger partial charge in [0.25, 0.3) is 0 Å². The maximum Gasteiger partial charge on any atom is 0.302 e. The second kappa shape index (κ2) is 9.62. The van der Waals surface area contributed by atoms with E-state index in [4.69, 9.17) is 19.2 Å². The number of carbonyl (C=O) groups is 1. The average Bonchev–Trinajstić information content (AvgIpc) is 3.47. The van der Waals surface area contributed by atoms with Crippen LogP contribution in [0, 0.1) is 11.3 Å². The summed E-state index contributed by atoms with van der Waals surface area (Å²) in [5.41, 5.74) is 2.86. The largest absolute Gasteiger partial charge is 0.481 e. The van der Waals surface area contributed by atoms with E-state index in [1.807, 2.05) is 60.7 Å². The highest BCUT2D eigenvalue weighted by Crippen LogP contribution is 2.46. The fourth-order valence-corrected chi connectivity index (χ4v) is 4.68. The van der Waals surface area contributed by atoms with Crippen LogP contribution in [-0.2, 0) is 16.1 Å². The van der Waals surface area contributed by atoms with Crippen molar-refractivity contribution in [2.45, 2.75) is 25.5 Å². The first-order valence-corrected chi connectivity index (χ1v) is 11.6. The van der Waals surface area contributed by atoms with E-state index < -0.39 is 0 Å². The number of rotatable bonds is 6. The number of benzene rings is 2. The molecule has 0 bridgehead atoms. The van der Waals surface area contributed by atoms with Crippen molar-refractivity contribution in [1.29, 1.82) is 5.26 Å². The molecule has 0 aliphatic carbocycles. The fraction of sp³-hybridized carbons (Fsp3) is 0.333. The van der Waals surface area contributed by atoms with Crippen LogP contribution in [0.15, 0.2) is 65.1 Å². The number of piperazine rings is 1. The molecule has 0 saturated carbocycles. The lowest BCUT2D eigenvalue weighted by Gasteiger charge is -2.35. The predicted molar refractivity (Wildman–Crippen MR) is 127 cm³/mol. The summed E-state index contributed by atoms with van der Waals surface area (Å²) in [7, 11) is 0. The van der Waals surface area contributed by atoms with Gasteiger partial charge in [-0.15, -0.1) is 0 Å². The summed E-state index contributed by atoms with van der Waals surface area (Å²) < 4.78 is 17.8. The second-order valence-corrected chi connectivity index (χ2v) is 8.71. The Morgan fingerprint density at radius 1 is 1.06 bits per heavy atom. The number of anilines is 1. The Morgan fingerprint density at radius 3 is 2.56 bits per heavy atom. The highest BCUT2D eigenvalue weighted by Gasteiger charge is 2.38. The summed E-state index contributed by atoms with van der Waals surface area (Å²) in [6.45, 7) is 6.10. The third kappa shape index (κ3) is 4.63. The van der Waals surface area contributed by atoms with E-state index in [9.17, 15) is 4.79 Å². The quantitative estimate of drug-likeness (QED) is 0.512. The minimum atomic E-state index is -0.321. The molecular weight excluding hydrogens is 430 g/mol. The number of carbonyl (C=O) groups excluding carboxylic acids is 1. The fourth-order valence-electron chi connectivity index (χ4n) is 4.68. The summed E-state index contributed by atoms with van der Waals surface area (Å²) in [6, 6.07) is 21.8. The zero-order valence-corrected chi connectivity index (χ0v) is 19.1. The van der Waals surface area contributed by atoms with Gasteiger partial charge in [-0.2, -0.15) is 5.26 Å². The first-order chi connectivity index (χ1) is 16.6. The van der Waals surface area contributed by atoms with Crippen LogP contribution in [0.4, 0.5) is 5.69 Å². The molecule has 0 N–H and O–H groups in total. The number of nitriles is 1. The molecular formula is C27H27N3O4. The van der Waals surface area contributed by atoms with Crippen molar-refractivity contribution >= 4 is 11.7 Å². The van der Waals surface area contributed by atoms with E-state index in [0.29, 0.717) is 5.56 Å². The molecule has 5 rings (SSSR count). The number of ether oxygens (including phenoxy) is 2. The molecule has 2 atom stereocenters. The van der Waals surface area contributed by atoms with Gasteiger partial charge >= 0.3 is 5.97 Å². The van der Waals surface area contributed by atoms with Gasteiger partial charge in [0.2, 0.25) is 0 Å². The summed E-state index contributed by atoms with van der Waals surface area (Å²) >= 11 is 0. The summed E-state index contributed by atoms with van der Waals surface area (Å²) in [4.78, 5) is 16.1. The van der Waals surface area contributed by atoms with Crippen LogP contribution in [0.3, 0.4) is 0 Å². The Hall–Kier alpha value is -3.76. The van der Waals surface area contributed by atoms with Gasteiger partial charge in [-0.05, 0) is 42.5 Å². The van der Waals surface area contributed by atoms with E-state index in [-0.39, 0.29) is 24.6 Å². The number of hydrogen-bond donors (Lipinski definition) is 0. The third-order valence-corrected chi connectivity index (χ3v) is 6.48. The molecule has 174 valence electrons. The minimum Gasteiger partial charge on any atom is -0.481 e. The zero-order chi connectivity index (χ0) is 23.5. The molecule has 0 amide bonds. The average molecular weight is 458 g/mol. The van der Waals surface area contributed by atoms with E-state index in [0.717, 1.165) is 61.2 Å². The van der Waals surface area contributed by atoms with Crippen LogP contribution in [0.1, 0.15) is 41.6 Å². The lowest BCUT2D eigenvalue weighted by molar-refractivity contribution is -0.142. The molecule has 2 aliphatic rings. The maximum atomic E-state index is 11.4. The Balaban J connectivity index is 1.21. The number of esters is 1. The second-order valence-electron chi connectivity index (χ2n) is 8.71. The molecule has 7 nitrogen and oxygen atoms in total. The molecule has 2 aliphatic heterocycles. The topological polar surface area (TPSA) is 78.9 Å². The SMILES string of the molecule is CC(=O)OCC1c2ccccc2OC1c1ccc(CN2CCN(c3ccc(C#N)cc3)CC2)o1. The molecule has 34 heavy (non-hydrogen) atoms. The van der Waals surface area contributed by atoms with Crippen molar-refractivity contribution in [2.75, 3.05) is 37.7 Å². The smallest absolute Gasteiger partial charge is 0.302 e. The van der Waals surface area contributed by atoms with Crippen molar-refractivity contribution in [3.05, 3.63) is 83.3 Å². The summed E-state index contributed by atoms with van der Waals surface area (Å²) in [6.07, 6.45) is -0.321. The first kappa shape index (κ1) is 22.1. The number of hydrogen-bond acceptors (Lipinski definition) is 7. The first-order valence-electron chi connectivity index (χ1n) is 11.6. The summed E-state index contributed by atoms with van der Waals surface area (Å²) in [5, 5.41) is 8.99. The Morgan fingerprint density at radius 2 is 1.82 bits per heavy atom. The van der Waals surface area contributed by atoms with Gasteiger partial charge < -0.3 is 18.8 Å². The highest BCUT2D eigenvalue weighted by atomic mass is 16.5. The van der Waals surface area contributed by atoms with Crippen molar-refractivity contribution in [3.63, 3.8) is 0 Å². The van der Waals surface area contributed by atoms with E-state index >= 15 is 0 Å². The van der Waals surface area contributed by atoms with Gasteiger partial charge in [-0.25, -0.2) is 0 Å². The van der Waals surface area contributed by atoms with Gasteiger partial charge in [-0.3, -0.25) is 9.69 Å². The highest BCUT2D eigenvalue weighted by molar-refractivity contribution is 5.66. The lowest BCUT2D eigenvalue weighted by atomic mass is 9.95. The van der Waals surface area contributed by atoms with Gasteiger partial charge in [0.05, 0.1) is 24.1 Å². The third-order valence-electron chi connectivity index (χ3n) is 6.48. The number of furan rings is 1. The van der Waals surface area contributed by atoms with Crippen molar-refractivity contribution < 1.29 is 18.7 Å². The number of fused-ring (bicyclic) bond motifs is 1. The van der Waals surface area contributed by atoms with E-state index in [2.05, 4.69) is 15.9 Å². The molecule has 2 unspecified atom stereocenters. The minimum absolute atomic E-state index is 0.102. The lowest BCUT2D eigenvalue weighted by Crippen LogP contribution is -2.45. The maximum absolute atomic E-state index is 11.4. The van der Waals surface area contributed by atoms with Crippen LogP contribution >= 0.6 is 0 Å². The Labute approximate surface area is 199 Å². The van der Waals surface area contributed by atoms with Crippen LogP contribution in [0.25, 0.3) is 0 Å². The van der Waals surface area contributed by atoms with Crippen molar-refractivity contribution in [3.8, 4) is 11.8 Å². The molecule has 0 radical (unpaired) electrons. The zero-order valence-electron chi connectivity index (χ0n) is 19.1. The standard InChI is InChI=1S/C27H27N3O4/c1-19(31)32-18-24-23-4-2-3-5-25(23)34-27(24)26-11-10-22(33-26)17-29-12-14-30(15-13-29)21-8-6-20(16-28)7-9-21/h2-11,24,27H,12-15,17-18H2,1H3. The normalized spacial score (nSPS) is 19.8. The molecule has 0 spiro atoms. The molecule has 1 fully saturated rings. The van der Waals surface area contributed by atoms with Crippen molar-refractivity contribution in [1.82, 2.24) is 4.90 Å². The van der Waals surface area contributed by atoms with Gasteiger partial charge in [-0.1, -0.05) is 18.2 Å². The molecule has 3 heterocycles. The van der Waals surface area contributed by atoms with Crippen LogP contribution in [0.5, 0.6) is 5.75 Å². The molecule has 1 aromatic heterocycles. The van der Waals surface area contributed by atoms with Crippen LogP contribution in [0.2, 0.25) is 0 Å². The Bertz CT molecular complexity index is 1190. The number of nitrogens with zero attached hydrogens (tertiary/aromatic N) is 3. The Kier molecular flexibility index (Phi) is 6.24. The van der Waals surface area contributed by atoms with Gasteiger partial charge in [0.15, 0.2) is 6.10 Å². The summed E-state index contributed by atoms with van der Waals surface area (Å²) in [5.74, 6) is 2.05. The molecule has 7 heteroatoms. The van der Waals surface area contributed by atoms with E-state index in [1.165, 1.54) is 6.92 Å². The molecule has 2 aromatic carbocycles.